The van der Waals surface area contributed by atoms with Crippen molar-refractivity contribution in [2.24, 2.45) is 0 Å². The van der Waals surface area contributed by atoms with Crippen molar-refractivity contribution in [3.63, 3.8) is 0 Å². The van der Waals surface area contributed by atoms with E-state index in [1.165, 1.54) is 12.1 Å². The number of likely N-dealkylation sites (N-methyl/N-ethyl adjacent to an activating group) is 1. The predicted molar refractivity (Wildman–Crippen MR) is 75.0 cm³/mol. The molecule has 0 bridgehead atoms. The highest BCUT2D eigenvalue weighted by Gasteiger charge is 2.27. The Morgan fingerprint density at radius 1 is 1.42 bits per heavy atom. The molecular weight excluding hydrogens is 265 g/mol. The van der Waals surface area contributed by atoms with E-state index in [9.17, 15) is 4.39 Å². The third-order valence-electron chi connectivity index (χ3n) is 3.33. The topological polar surface area (TPSA) is 34.4 Å². The van der Waals surface area contributed by atoms with Crippen LogP contribution in [0.3, 0.4) is 0 Å². The van der Waals surface area contributed by atoms with Crippen LogP contribution in [0.2, 0.25) is 0 Å². The molecule has 1 saturated heterocycles. The summed E-state index contributed by atoms with van der Waals surface area (Å²) in [4.78, 5) is 0. The molecule has 0 saturated carbocycles. The van der Waals surface area contributed by atoms with E-state index in [0.717, 1.165) is 29.3 Å². The van der Waals surface area contributed by atoms with Crippen molar-refractivity contribution in [2.75, 3.05) is 25.2 Å². The minimum atomic E-state index is -0.245. The Morgan fingerprint density at radius 3 is 3.05 bits per heavy atom. The van der Waals surface area contributed by atoms with Gasteiger partial charge in [-0.3, -0.25) is 0 Å². The van der Waals surface area contributed by atoms with Crippen LogP contribution < -0.4 is 5.32 Å². The molecule has 0 radical (unpaired) electrons. The van der Waals surface area contributed by atoms with Gasteiger partial charge < -0.3 is 14.5 Å². The molecule has 1 aromatic heterocycles. The van der Waals surface area contributed by atoms with Gasteiger partial charge in [-0.05, 0) is 31.3 Å². The number of thioether (sulfide) groups is 1. The lowest BCUT2D eigenvalue weighted by Gasteiger charge is -2.28. The fraction of sp³-hybridized carbons (Fsp3) is 0.429. The molecule has 1 aliphatic heterocycles. The highest BCUT2D eigenvalue weighted by Crippen LogP contribution is 2.30. The van der Waals surface area contributed by atoms with Crippen LogP contribution in [-0.2, 0) is 4.74 Å². The van der Waals surface area contributed by atoms with Gasteiger partial charge in [-0.15, -0.1) is 0 Å². The van der Waals surface area contributed by atoms with E-state index >= 15 is 0 Å². The number of ether oxygens (including phenoxy) is 1. The summed E-state index contributed by atoms with van der Waals surface area (Å²) in [5, 5.41) is 4.03. The van der Waals surface area contributed by atoms with Crippen LogP contribution in [0.5, 0.6) is 0 Å². The van der Waals surface area contributed by atoms with Gasteiger partial charge in [0.1, 0.15) is 17.2 Å². The van der Waals surface area contributed by atoms with Gasteiger partial charge in [0.2, 0.25) is 0 Å². The van der Waals surface area contributed by atoms with E-state index in [2.05, 4.69) is 5.32 Å². The van der Waals surface area contributed by atoms with Gasteiger partial charge in [0.05, 0.1) is 18.8 Å². The maximum Gasteiger partial charge on any atom is 0.134 e. The van der Waals surface area contributed by atoms with E-state index in [1.54, 1.807) is 6.07 Å². The zero-order chi connectivity index (χ0) is 13.2. The van der Waals surface area contributed by atoms with E-state index in [-0.39, 0.29) is 18.0 Å². The van der Waals surface area contributed by atoms with Crippen LogP contribution in [0.15, 0.2) is 28.7 Å². The first-order chi connectivity index (χ1) is 9.28. The highest BCUT2D eigenvalue weighted by molar-refractivity contribution is 7.99. The number of halogens is 1. The van der Waals surface area contributed by atoms with Gasteiger partial charge in [-0.1, -0.05) is 0 Å². The molecule has 1 aliphatic rings. The summed E-state index contributed by atoms with van der Waals surface area (Å²) < 4.78 is 24.8. The lowest BCUT2D eigenvalue weighted by molar-refractivity contribution is 0.0436. The molecule has 2 heterocycles. The van der Waals surface area contributed by atoms with Gasteiger partial charge in [0.15, 0.2) is 0 Å². The molecule has 5 heteroatoms. The monoisotopic (exact) mass is 281 g/mol. The van der Waals surface area contributed by atoms with Crippen LogP contribution in [0.4, 0.5) is 4.39 Å². The first kappa shape index (κ1) is 13.0. The van der Waals surface area contributed by atoms with Crippen molar-refractivity contribution in [1.82, 2.24) is 5.32 Å². The van der Waals surface area contributed by atoms with E-state index in [0.29, 0.717) is 5.58 Å². The Kier molecular flexibility index (Phi) is 3.77. The van der Waals surface area contributed by atoms with Crippen LogP contribution in [0.25, 0.3) is 11.0 Å². The fourth-order valence-electron chi connectivity index (χ4n) is 2.40. The van der Waals surface area contributed by atoms with E-state index in [1.807, 2.05) is 24.9 Å². The van der Waals surface area contributed by atoms with Gasteiger partial charge in [0.25, 0.3) is 0 Å². The Balaban J connectivity index is 1.91. The van der Waals surface area contributed by atoms with Crippen LogP contribution >= 0.6 is 11.8 Å². The third-order valence-corrected chi connectivity index (χ3v) is 4.35. The Morgan fingerprint density at radius 2 is 2.32 bits per heavy atom. The number of fused-ring (bicyclic) bond motifs is 1. The molecule has 2 atom stereocenters. The summed E-state index contributed by atoms with van der Waals surface area (Å²) in [5.41, 5.74) is 0.708. The number of rotatable bonds is 3. The molecule has 3 rings (SSSR count). The lowest BCUT2D eigenvalue weighted by Crippen LogP contribution is -2.36. The molecule has 19 heavy (non-hydrogen) atoms. The minimum absolute atomic E-state index is 0.00302. The zero-order valence-electron chi connectivity index (χ0n) is 10.7. The molecule has 0 spiro atoms. The largest absolute Gasteiger partial charge is 0.459 e. The molecule has 102 valence electrons. The Labute approximate surface area is 115 Å². The van der Waals surface area contributed by atoms with Crippen molar-refractivity contribution in [2.45, 2.75) is 12.1 Å². The van der Waals surface area contributed by atoms with Gasteiger partial charge in [-0.25, -0.2) is 4.39 Å². The summed E-state index contributed by atoms with van der Waals surface area (Å²) >= 11 is 1.88. The summed E-state index contributed by atoms with van der Waals surface area (Å²) in [6, 6.07) is 6.46. The van der Waals surface area contributed by atoms with Crippen LogP contribution in [-0.4, -0.2) is 31.3 Å². The van der Waals surface area contributed by atoms with Gasteiger partial charge in [0, 0.05) is 16.9 Å². The van der Waals surface area contributed by atoms with Crippen LogP contribution in [0.1, 0.15) is 11.8 Å². The number of furan rings is 1. The van der Waals surface area contributed by atoms with Crippen molar-refractivity contribution in [3.05, 3.63) is 35.8 Å². The van der Waals surface area contributed by atoms with Crippen molar-refractivity contribution >= 4 is 22.7 Å². The average Bonchev–Trinajstić information content (AvgIpc) is 2.83. The normalized spacial score (nSPS) is 21.7. The second kappa shape index (κ2) is 5.53. The molecule has 1 aromatic carbocycles. The number of hydrogen-bond donors (Lipinski definition) is 1. The van der Waals surface area contributed by atoms with Gasteiger partial charge >= 0.3 is 0 Å². The Bertz CT molecular complexity index is 566. The summed E-state index contributed by atoms with van der Waals surface area (Å²) in [7, 11) is 1.89. The molecule has 1 N–H and O–H groups in total. The van der Waals surface area contributed by atoms with E-state index in [4.69, 9.17) is 9.15 Å². The second-order valence-electron chi connectivity index (χ2n) is 4.58. The second-order valence-corrected chi connectivity index (χ2v) is 5.73. The Hall–Kier alpha value is -1.04. The van der Waals surface area contributed by atoms with Crippen molar-refractivity contribution < 1.29 is 13.5 Å². The van der Waals surface area contributed by atoms with Crippen LogP contribution in [0, 0.1) is 5.82 Å². The summed E-state index contributed by atoms with van der Waals surface area (Å²) in [5.74, 6) is 2.54. The molecular formula is C14H16FNO2S. The quantitative estimate of drug-likeness (QED) is 0.938. The SMILES string of the molecule is CNC(c1cc2cc(F)ccc2o1)C1CSCCO1. The summed E-state index contributed by atoms with van der Waals surface area (Å²) in [6.45, 7) is 0.766. The standard InChI is InChI=1S/C14H16FNO2S/c1-16-14(13-8-19-5-4-17-13)12-7-9-6-10(15)2-3-11(9)18-12/h2-3,6-7,13-14,16H,4-5,8H2,1H3. The van der Waals surface area contributed by atoms with Crippen molar-refractivity contribution in [1.29, 1.82) is 0 Å². The minimum Gasteiger partial charge on any atom is -0.459 e. The number of benzene rings is 1. The molecule has 2 aromatic rings. The number of nitrogens with one attached hydrogen (secondary N) is 1. The predicted octanol–water partition coefficient (Wildman–Crippen LogP) is 2.96. The molecule has 1 fully saturated rings. The first-order valence-electron chi connectivity index (χ1n) is 6.33. The smallest absolute Gasteiger partial charge is 0.134 e. The summed E-state index contributed by atoms with van der Waals surface area (Å²) in [6.07, 6.45) is 0.0918. The zero-order valence-corrected chi connectivity index (χ0v) is 11.5. The molecule has 0 aliphatic carbocycles. The van der Waals surface area contributed by atoms with Gasteiger partial charge in [-0.2, -0.15) is 11.8 Å². The van der Waals surface area contributed by atoms with E-state index < -0.39 is 0 Å². The maximum absolute atomic E-state index is 13.2. The highest BCUT2D eigenvalue weighted by atomic mass is 32.2. The first-order valence-corrected chi connectivity index (χ1v) is 7.49. The maximum atomic E-state index is 13.2. The molecule has 0 amide bonds. The lowest BCUT2D eigenvalue weighted by atomic mass is 10.1. The van der Waals surface area contributed by atoms with Crippen molar-refractivity contribution in [3.8, 4) is 0 Å². The fourth-order valence-corrected chi connectivity index (χ4v) is 3.30. The molecule has 3 nitrogen and oxygen atoms in total. The number of hydrogen-bond acceptors (Lipinski definition) is 4. The average molecular weight is 281 g/mol. The third kappa shape index (κ3) is 2.63. The molecule has 2 unspecified atom stereocenters.